The zero-order valence-corrected chi connectivity index (χ0v) is 23.5. The molecule has 3 amide bonds. The van der Waals surface area contributed by atoms with Crippen molar-refractivity contribution in [3.8, 4) is 5.75 Å². The molecule has 2 fully saturated rings. The third kappa shape index (κ3) is 6.39. The largest absolute Gasteiger partial charge is 0.492 e. The highest BCUT2D eigenvalue weighted by Crippen LogP contribution is 2.36. The molecule has 2 N–H and O–H groups in total. The van der Waals surface area contributed by atoms with E-state index >= 15 is 0 Å². The molecule has 10 nitrogen and oxygen atoms in total. The molecule has 0 atom stereocenters. The number of nitrogens with zero attached hydrogens (tertiary/aromatic N) is 3. The Balaban J connectivity index is 1.36. The van der Waals surface area contributed by atoms with Crippen LogP contribution in [0.25, 0.3) is 11.0 Å². The van der Waals surface area contributed by atoms with Gasteiger partial charge in [0.05, 0.1) is 5.02 Å². The normalized spacial score (nSPS) is 19.3. The van der Waals surface area contributed by atoms with Crippen molar-refractivity contribution in [2.75, 3.05) is 44.4 Å². The maximum Gasteiger partial charge on any atom is 0.294 e. The van der Waals surface area contributed by atoms with Gasteiger partial charge in [-0.05, 0) is 76.5 Å². The van der Waals surface area contributed by atoms with Crippen LogP contribution in [0, 0.1) is 5.92 Å². The topological polar surface area (TPSA) is 117 Å². The molecule has 11 heteroatoms. The van der Waals surface area contributed by atoms with Crippen LogP contribution in [0.15, 0.2) is 40.9 Å². The molecule has 40 heavy (non-hydrogen) atoms. The van der Waals surface area contributed by atoms with Gasteiger partial charge >= 0.3 is 0 Å². The number of carbonyl (C=O) groups excluding carboxylic acids is 3. The molecule has 2 aliphatic rings. The van der Waals surface area contributed by atoms with Crippen molar-refractivity contribution in [2.45, 2.75) is 44.6 Å². The average Bonchev–Trinajstić information content (AvgIpc) is 3.53. The number of pyridine rings is 1. The smallest absolute Gasteiger partial charge is 0.294 e. The van der Waals surface area contributed by atoms with Crippen LogP contribution in [-0.4, -0.2) is 72.3 Å². The predicted octanol–water partition coefficient (Wildman–Crippen LogP) is 4.79. The van der Waals surface area contributed by atoms with Crippen molar-refractivity contribution in [1.29, 1.82) is 0 Å². The monoisotopic (exact) mass is 567 g/mol. The van der Waals surface area contributed by atoms with Gasteiger partial charge in [-0.3, -0.25) is 14.4 Å². The summed E-state index contributed by atoms with van der Waals surface area (Å²) >= 11 is 5.92. The third-order valence-electron chi connectivity index (χ3n) is 7.51. The van der Waals surface area contributed by atoms with E-state index in [9.17, 15) is 14.4 Å². The molecule has 0 bridgehead atoms. The van der Waals surface area contributed by atoms with E-state index in [0.717, 1.165) is 32.4 Å². The second-order valence-corrected chi connectivity index (χ2v) is 11.1. The van der Waals surface area contributed by atoms with Crippen molar-refractivity contribution in [2.24, 2.45) is 5.92 Å². The third-order valence-corrected chi connectivity index (χ3v) is 7.73. The van der Waals surface area contributed by atoms with Gasteiger partial charge in [0.25, 0.3) is 5.91 Å². The van der Waals surface area contributed by atoms with E-state index in [1.54, 1.807) is 30.3 Å². The summed E-state index contributed by atoms with van der Waals surface area (Å²) in [5.74, 6) is 0.142. The van der Waals surface area contributed by atoms with Crippen molar-refractivity contribution in [3.05, 3.63) is 47.3 Å². The Morgan fingerprint density at radius 3 is 2.62 bits per heavy atom. The minimum Gasteiger partial charge on any atom is -0.492 e. The number of fused-ring (bicyclic) bond motifs is 1. The molecule has 2 aromatic heterocycles. The summed E-state index contributed by atoms with van der Waals surface area (Å²) in [6.45, 7) is 2.03. The lowest BCUT2D eigenvalue weighted by Crippen LogP contribution is -2.40. The number of amides is 3. The zero-order valence-electron chi connectivity index (χ0n) is 22.7. The minimum atomic E-state index is -0.548. The first-order valence-electron chi connectivity index (χ1n) is 13.7. The van der Waals surface area contributed by atoms with Crippen LogP contribution in [-0.2, 0) is 9.59 Å². The van der Waals surface area contributed by atoms with E-state index in [0.29, 0.717) is 59.1 Å². The number of anilines is 2. The quantitative estimate of drug-likeness (QED) is 0.381. The van der Waals surface area contributed by atoms with Crippen LogP contribution in [0.4, 0.5) is 11.5 Å². The maximum absolute atomic E-state index is 13.5. The molecule has 1 saturated carbocycles. The van der Waals surface area contributed by atoms with Crippen LogP contribution in [0.5, 0.6) is 5.75 Å². The Labute approximate surface area is 238 Å². The van der Waals surface area contributed by atoms with Crippen LogP contribution in [0.3, 0.4) is 0 Å². The second-order valence-electron chi connectivity index (χ2n) is 10.6. The molecule has 1 aliphatic carbocycles. The molecule has 3 aromatic rings. The van der Waals surface area contributed by atoms with E-state index in [4.69, 9.17) is 20.8 Å². The first kappa shape index (κ1) is 27.9. The lowest BCUT2D eigenvalue weighted by atomic mass is 9.84. The molecule has 3 heterocycles. The maximum atomic E-state index is 13.5. The van der Waals surface area contributed by atoms with E-state index in [2.05, 4.69) is 15.6 Å². The summed E-state index contributed by atoms with van der Waals surface area (Å²) in [4.78, 5) is 47.1. The SMILES string of the molecule is CN(C)CCOc1ccc2oc(C(=O)Nc3ccc(Cl)cn3)c(NC(=O)C3CCC(N4CCCC4=O)CC3)c2c1. The second kappa shape index (κ2) is 12.3. The summed E-state index contributed by atoms with van der Waals surface area (Å²) in [5, 5.41) is 6.72. The Kier molecular flexibility index (Phi) is 8.56. The number of hydrogen-bond acceptors (Lipinski definition) is 7. The number of benzene rings is 1. The molecule has 0 unspecified atom stereocenters. The van der Waals surface area contributed by atoms with Gasteiger partial charge < -0.3 is 29.6 Å². The predicted molar refractivity (Wildman–Crippen MR) is 153 cm³/mol. The first-order chi connectivity index (χ1) is 19.3. The molecular weight excluding hydrogens is 534 g/mol. The number of halogens is 1. The fraction of sp³-hybridized carbons (Fsp3) is 0.448. The number of carbonyl (C=O) groups is 3. The highest BCUT2D eigenvalue weighted by atomic mass is 35.5. The molecule has 1 aliphatic heterocycles. The van der Waals surface area contributed by atoms with Crippen LogP contribution < -0.4 is 15.4 Å². The number of furan rings is 1. The standard InChI is InChI=1S/C29H34ClN5O5/c1-34(2)14-15-39-21-10-11-23-22(16-21)26(27(40-23)29(38)32-24-12-7-19(30)17-31-24)33-28(37)18-5-8-20(9-6-18)35-13-3-4-25(35)36/h7,10-12,16-18,20H,3-6,8-9,13-15H2,1-2H3,(H,33,37)(H,31,32,38). The summed E-state index contributed by atoms with van der Waals surface area (Å²) in [5.41, 5.74) is 0.738. The van der Waals surface area contributed by atoms with Gasteiger partial charge in [0.2, 0.25) is 17.6 Å². The summed E-state index contributed by atoms with van der Waals surface area (Å²) < 4.78 is 11.8. The molecule has 1 aromatic carbocycles. The number of rotatable bonds is 9. The fourth-order valence-corrected chi connectivity index (χ4v) is 5.46. The van der Waals surface area contributed by atoms with Crippen LogP contribution in [0.2, 0.25) is 5.02 Å². The van der Waals surface area contributed by atoms with Gasteiger partial charge in [0.15, 0.2) is 0 Å². The van der Waals surface area contributed by atoms with Gasteiger partial charge in [-0.15, -0.1) is 0 Å². The van der Waals surface area contributed by atoms with E-state index in [-0.39, 0.29) is 29.5 Å². The molecule has 0 spiro atoms. The Morgan fingerprint density at radius 2 is 1.95 bits per heavy atom. The summed E-state index contributed by atoms with van der Waals surface area (Å²) in [7, 11) is 3.93. The van der Waals surface area contributed by atoms with Crippen molar-refractivity contribution < 1.29 is 23.5 Å². The van der Waals surface area contributed by atoms with Gasteiger partial charge in [-0.1, -0.05) is 11.6 Å². The van der Waals surface area contributed by atoms with Gasteiger partial charge in [-0.25, -0.2) is 4.98 Å². The van der Waals surface area contributed by atoms with Gasteiger partial charge in [0.1, 0.15) is 29.4 Å². The molecule has 0 radical (unpaired) electrons. The zero-order chi connectivity index (χ0) is 28.2. The highest BCUT2D eigenvalue weighted by Gasteiger charge is 2.34. The van der Waals surface area contributed by atoms with Crippen LogP contribution >= 0.6 is 11.6 Å². The number of ether oxygens (including phenoxy) is 1. The van der Waals surface area contributed by atoms with Crippen molar-refractivity contribution in [3.63, 3.8) is 0 Å². The fourth-order valence-electron chi connectivity index (χ4n) is 5.35. The summed E-state index contributed by atoms with van der Waals surface area (Å²) in [6.07, 6.45) is 5.87. The molecule has 1 saturated heterocycles. The number of hydrogen-bond donors (Lipinski definition) is 2. The minimum absolute atomic E-state index is 0.0260. The van der Waals surface area contributed by atoms with E-state index in [1.165, 1.54) is 6.20 Å². The molecular formula is C29H34ClN5O5. The van der Waals surface area contributed by atoms with E-state index in [1.807, 2.05) is 23.9 Å². The van der Waals surface area contributed by atoms with Gasteiger partial charge in [-0.2, -0.15) is 0 Å². The highest BCUT2D eigenvalue weighted by molar-refractivity contribution is 6.30. The number of aromatic nitrogens is 1. The molecule has 212 valence electrons. The Bertz CT molecular complexity index is 1380. The summed E-state index contributed by atoms with van der Waals surface area (Å²) in [6, 6.07) is 8.68. The number of nitrogens with one attached hydrogen (secondary N) is 2. The van der Waals surface area contributed by atoms with Crippen molar-refractivity contribution >= 4 is 51.8 Å². The average molecular weight is 568 g/mol. The van der Waals surface area contributed by atoms with Crippen LogP contribution in [0.1, 0.15) is 49.1 Å². The Morgan fingerprint density at radius 1 is 1.15 bits per heavy atom. The lowest BCUT2D eigenvalue weighted by molar-refractivity contribution is -0.130. The van der Waals surface area contributed by atoms with E-state index < -0.39 is 5.91 Å². The van der Waals surface area contributed by atoms with Gasteiger partial charge in [0, 0.05) is 43.1 Å². The number of likely N-dealkylation sites (tertiary alicyclic amines) is 1. The lowest BCUT2D eigenvalue weighted by Gasteiger charge is -2.34. The van der Waals surface area contributed by atoms with Crippen molar-refractivity contribution in [1.82, 2.24) is 14.8 Å². The number of likely N-dealkylation sites (N-methyl/N-ethyl adjacent to an activating group) is 1. The molecule has 5 rings (SSSR count). The Hall–Kier alpha value is -3.63. The first-order valence-corrected chi connectivity index (χ1v) is 14.0.